The summed E-state index contributed by atoms with van der Waals surface area (Å²) >= 11 is -1.52. The smallest absolute Gasteiger partial charge is 0.416 e. The number of anilines is 1. The number of nitrogens with zero attached hydrogens (tertiary/aromatic N) is 3. The van der Waals surface area contributed by atoms with Gasteiger partial charge in [-0.15, -0.1) is 0 Å². The van der Waals surface area contributed by atoms with Crippen molar-refractivity contribution in [1.29, 1.82) is 5.26 Å². The highest BCUT2D eigenvalue weighted by Gasteiger charge is 2.45. The third-order valence-corrected chi connectivity index (χ3v) is 7.00. The number of likely N-dealkylation sites (N-methyl/N-ethyl adjacent to an activating group) is 1. The number of alkyl halides is 3. The van der Waals surface area contributed by atoms with Crippen molar-refractivity contribution in [2.45, 2.75) is 36.4 Å². The van der Waals surface area contributed by atoms with Crippen LogP contribution in [0.2, 0.25) is 0 Å². The summed E-state index contributed by atoms with van der Waals surface area (Å²) in [7, 11) is 1.46. The number of halogens is 3. The van der Waals surface area contributed by atoms with E-state index in [1.807, 2.05) is 6.07 Å². The van der Waals surface area contributed by atoms with Crippen molar-refractivity contribution in [2.75, 3.05) is 18.2 Å². The van der Waals surface area contributed by atoms with Crippen molar-refractivity contribution < 1.29 is 27.3 Å². The highest BCUT2D eigenvalue weighted by Crippen LogP contribution is 2.45. The van der Waals surface area contributed by atoms with Crippen molar-refractivity contribution in [1.82, 2.24) is 4.90 Å². The maximum Gasteiger partial charge on any atom is 0.416 e. The first kappa shape index (κ1) is 23.9. The molecule has 1 aliphatic carbocycles. The summed E-state index contributed by atoms with van der Waals surface area (Å²) in [4.78, 5) is 29.4. The maximum absolute atomic E-state index is 13.5. The van der Waals surface area contributed by atoms with Gasteiger partial charge in [0.25, 0.3) is 0 Å². The summed E-state index contributed by atoms with van der Waals surface area (Å²) in [6.07, 6.45) is -2.14. The van der Waals surface area contributed by atoms with E-state index >= 15 is 0 Å². The first-order valence-corrected chi connectivity index (χ1v) is 12.0. The lowest BCUT2D eigenvalue weighted by Crippen LogP contribution is -2.50. The van der Waals surface area contributed by atoms with Crippen LogP contribution in [0, 0.1) is 11.3 Å². The molecule has 0 fully saturated rings. The molecule has 10 heteroatoms. The summed E-state index contributed by atoms with van der Waals surface area (Å²) in [5.74, 6) is -0.222. The molecule has 0 saturated heterocycles. The van der Waals surface area contributed by atoms with E-state index < -0.39 is 35.0 Å². The van der Waals surface area contributed by atoms with Gasteiger partial charge in [0.2, 0.25) is 0 Å². The van der Waals surface area contributed by atoms with E-state index in [1.165, 1.54) is 47.4 Å². The van der Waals surface area contributed by atoms with Crippen LogP contribution in [-0.4, -0.2) is 34.6 Å². The van der Waals surface area contributed by atoms with Gasteiger partial charge < -0.3 is 9.45 Å². The van der Waals surface area contributed by atoms with Crippen LogP contribution in [0.1, 0.15) is 42.0 Å². The standard InChI is InChI=1S/C24H20F3N3O3S/c1-29-22(17-10-9-14(13-28)11-20(17)34(2)33)21-18(7-4-8-19(21)31)30(23(29)32)16-6-3-5-15(12-16)24(25,26)27/h3,5-6,9-12,22H,4,7-8H2,1-2H3/t22-,34?/m1/s1. The zero-order valence-corrected chi connectivity index (χ0v) is 19.2. The molecule has 2 aromatic rings. The monoisotopic (exact) mass is 487 g/mol. The summed E-state index contributed by atoms with van der Waals surface area (Å²) in [6.45, 7) is 0. The van der Waals surface area contributed by atoms with Gasteiger partial charge in [-0.1, -0.05) is 12.1 Å². The van der Waals surface area contributed by atoms with Crippen LogP contribution in [0.25, 0.3) is 0 Å². The predicted molar refractivity (Wildman–Crippen MR) is 119 cm³/mol. The van der Waals surface area contributed by atoms with E-state index in [0.717, 1.165) is 12.1 Å². The average Bonchev–Trinajstić information content (AvgIpc) is 2.80. The molecule has 34 heavy (non-hydrogen) atoms. The SMILES string of the molecule is CN1C(=O)N(c2cccc(C(F)(F)F)c2)C2=C(C(=O)CCC2)[C@H]1c1ccc(C#N)cc1[S+](C)[O-]. The highest BCUT2D eigenvalue weighted by molar-refractivity contribution is 7.90. The van der Waals surface area contributed by atoms with E-state index in [1.54, 1.807) is 6.07 Å². The molecule has 0 saturated carbocycles. The molecule has 1 unspecified atom stereocenters. The number of hydrogen-bond acceptors (Lipinski definition) is 4. The fraction of sp³-hybridized carbons (Fsp3) is 0.292. The van der Waals surface area contributed by atoms with E-state index in [4.69, 9.17) is 0 Å². The molecule has 2 atom stereocenters. The summed E-state index contributed by atoms with van der Waals surface area (Å²) in [5, 5.41) is 9.25. The number of allylic oxidation sites excluding steroid dienone is 1. The zero-order chi connectivity index (χ0) is 24.8. The number of carbonyl (C=O) groups is 2. The maximum atomic E-state index is 13.5. The van der Waals surface area contributed by atoms with Crippen molar-refractivity contribution in [3.8, 4) is 6.07 Å². The van der Waals surface area contributed by atoms with E-state index in [0.29, 0.717) is 34.6 Å². The third-order valence-electron chi connectivity index (χ3n) is 6.03. The first-order valence-electron chi connectivity index (χ1n) is 10.4. The topological polar surface area (TPSA) is 87.5 Å². The Morgan fingerprint density at radius 3 is 2.53 bits per heavy atom. The Balaban J connectivity index is 1.94. The molecule has 4 rings (SSSR count). The van der Waals surface area contributed by atoms with E-state index in [9.17, 15) is 32.6 Å². The molecule has 0 radical (unpaired) electrons. The van der Waals surface area contributed by atoms with Gasteiger partial charge in [0.1, 0.15) is 6.26 Å². The van der Waals surface area contributed by atoms with Gasteiger partial charge in [0, 0.05) is 36.4 Å². The van der Waals surface area contributed by atoms with E-state index in [-0.39, 0.29) is 23.5 Å². The number of benzene rings is 2. The molecule has 6 nitrogen and oxygen atoms in total. The van der Waals surface area contributed by atoms with Crippen LogP contribution in [0.15, 0.2) is 58.6 Å². The lowest BCUT2D eigenvalue weighted by Gasteiger charge is -2.44. The number of ketones is 1. The molecule has 2 aromatic carbocycles. The van der Waals surface area contributed by atoms with Gasteiger partial charge in [0.15, 0.2) is 10.7 Å². The molecule has 2 amide bonds. The Bertz CT molecular complexity index is 1250. The minimum Gasteiger partial charge on any atom is -0.612 e. The number of hydrogen-bond donors (Lipinski definition) is 0. The van der Waals surface area contributed by atoms with Crippen molar-refractivity contribution in [3.05, 3.63) is 70.4 Å². The van der Waals surface area contributed by atoms with Gasteiger partial charge in [-0.05, 0) is 48.3 Å². The molecule has 1 aliphatic heterocycles. The largest absolute Gasteiger partial charge is 0.612 e. The third kappa shape index (κ3) is 4.06. The molecular weight excluding hydrogens is 467 g/mol. The Morgan fingerprint density at radius 1 is 1.15 bits per heavy atom. The van der Waals surface area contributed by atoms with Gasteiger partial charge >= 0.3 is 12.2 Å². The molecule has 0 spiro atoms. The number of amides is 2. The quantitative estimate of drug-likeness (QED) is 0.574. The number of rotatable bonds is 3. The Morgan fingerprint density at radius 2 is 1.88 bits per heavy atom. The lowest BCUT2D eigenvalue weighted by atomic mass is 9.83. The fourth-order valence-corrected chi connectivity index (χ4v) is 5.30. The normalized spacial score (nSPS) is 19.7. The number of nitriles is 1. The second-order valence-electron chi connectivity index (χ2n) is 8.14. The first-order chi connectivity index (χ1) is 16.0. The van der Waals surface area contributed by atoms with Crippen molar-refractivity contribution in [2.24, 2.45) is 0 Å². The van der Waals surface area contributed by atoms with Crippen molar-refractivity contribution in [3.63, 3.8) is 0 Å². The van der Waals surface area contributed by atoms with Gasteiger partial charge in [0.05, 0.1) is 28.9 Å². The number of urea groups is 1. The highest BCUT2D eigenvalue weighted by atomic mass is 32.2. The molecule has 176 valence electrons. The zero-order valence-electron chi connectivity index (χ0n) is 18.3. The average molecular weight is 488 g/mol. The molecule has 0 aromatic heterocycles. The number of carbonyl (C=O) groups excluding carboxylic acids is 2. The van der Waals surface area contributed by atoms with Crippen LogP contribution in [0.4, 0.5) is 23.7 Å². The fourth-order valence-electron chi connectivity index (χ4n) is 4.50. The van der Waals surface area contributed by atoms with E-state index in [2.05, 4.69) is 0 Å². The van der Waals surface area contributed by atoms with Gasteiger partial charge in [-0.2, -0.15) is 18.4 Å². The molecular formula is C24H20F3N3O3S. The van der Waals surface area contributed by atoms with Crippen LogP contribution in [-0.2, 0) is 22.1 Å². The van der Waals surface area contributed by atoms with Crippen LogP contribution in [0.5, 0.6) is 0 Å². The molecule has 0 N–H and O–H groups in total. The molecule has 1 heterocycles. The minimum absolute atomic E-state index is 0.0199. The van der Waals surface area contributed by atoms with Crippen LogP contribution < -0.4 is 4.90 Å². The van der Waals surface area contributed by atoms with Gasteiger partial charge in [-0.3, -0.25) is 9.69 Å². The summed E-state index contributed by atoms with van der Waals surface area (Å²) in [5.41, 5.74) is 0.493. The summed E-state index contributed by atoms with van der Waals surface area (Å²) < 4.78 is 52.5. The van der Waals surface area contributed by atoms with Crippen LogP contribution >= 0.6 is 0 Å². The minimum atomic E-state index is -4.59. The predicted octanol–water partition coefficient (Wildman–Crippen LogP) is 4.93. The number of Topliss-reactive ketones (excluding diaryl/α,β-unsaturated/α-hetero) is 1. The lowest BCUT2D eigenvalue weighted by molar-refractivity contribution is -0.137. The van der Waals surface area contributed by atoms with Crippen molar-refractivity contribution >= 4 is 28.7 Å². The summed E-state index contributed by atoms with van der Waals surface area (Å²) in [6, 6.07) is 9.53. The Hall–Kier alpha value is -3.29. The second-order valence-corrected chi connectivity index (χ2v) is 9.48. The Kier molecular flexibility index (Phi) is 6.18. The van der Waals surface area contributed by atoms with Gasteiger partial charge in [-0.25, -0.2) is 4.79 Å². The molecule has 2 aliphatic rings. The van der Waals surface area contributed by atoms with Crippen LogP contribution in [0.3, 0.4) is 0 Å². The Labute approximate surface area is 197 Å². The molecule has 0 bridgehead atoms. The second kappa shape index (κ2) is 8.81.